The number of rotatable bonds is 9. The number of anilines is 1. The van der Waals surface area contributed by atoms with Gasteiger partial charge in [0.25, 0.3) is 0 Å². The third-order valence-corrected chi connectivity index (χ3v) is 10.9. The van der Waals surface area contributed by atoms with Crippen molar-refractivity contribution < 1.29 is 28.7 Å². The number of alkyl carbamates (subject to hydrolysis) is 1. The lowest BCUT2D eigenvalue weighted by Crippen LogP contribution is -2.60. The molecule has 0 bridgehead atoms. The van der Waals surface area contributed by atoms with Gasteiger partial charge in [-0.15, -0.1) is 0 Å². The summed E-state index contributed by atoms with van der Waals surface area (Å²) in [5, 5.41) is 5.37. The standard InChI is InChI=1S/C39H56N8O7/c1-38(2,3)54-37(52)43-39(4,5)33(48)44-18-20-45(21-19-44)35(50)41-32-16-17-46(36(51)42-32)29-10-8-27-23-30(11-9-26(27)22-29)47(24-25-6-7-25)28-12-14-31(15-13-28)53-34(40)49/h8,10,16-17,22,25,28,30-31H,6-7,9,11-15,18-21,23-24H2,1-5H3,(H2,40,49)(H,43,52)(H,41,42,50,51)/t28-,30?,31-. The Balaban J connectivity index is 1.02. The first kappa shape index (κ1) is 39.0. The Morgan fingerprint density at radius 1 is 0.889 bits per heavy atom. The van der Waals surface area contributed by atoms with Gasteiger partial charge in [-0.25, -0.2) is 19.2 Å². The molecule has 3 fully saturated rings. The summed E-state index contributed by atoms with van der Waals surface area (Å²) in [6.07, 6.45) is 9.41. The fraction of sp³-hybridized carbons (Fsp3) is 0.641. The Kier molecular flexibility index (Phi) is 11.6. The maximum atomic E-state index is 13.2. The van der Waals surface area contributed by atoms with Gasteiger partial charge < -0.3 is 30.3 Å². The molecule has 2 aromatic rings. The molecule has 1 aromatic heterocycles. The van der Waals surface area contributed by atoms with Gasteiger partial charge in [-0.05, 0) is 128 Å². The van der Waals surface area contributed by atoms with Crippen LogP contribution < -0.4 is 22.1 Å². The van der Waals surface area contributed by atoms with Gasteiger partial charge in [0.1, 0.15) is 23.1 Å². The van der Waals surface area contributed by atoms with Crippen molar-refractivity contribution in [3.05, 3.63) is 52.1 Å². The second-order valence-corrected chi connectivity index (χ2v) is 16.8. The number of hydrogen-bond donors (Lipinski definition) is 3. The summed E-state index contributed by atoms with van der Waals surface area (Å²) < 4.78 is 12.1. The fourth-order valence-electron chi connectivity index (χ4n) is 7.99. The highest BCUT2D eigenvalue weighted by molar-refractivity contribution is 5.90. The number of ether oxygens (including phenoxy) is 2. The first-order chi connectivity index (χ1) is 25.5. The topological polar surface area (TPSA) is 181 Å². The number of nitrogens with zero attached hydrogens (tertiary/aromatic N) is 5. The van der Waals surface area contributed by atoms with Crippen molar-refractivity contribution in [2.24, 2.45) is 11.7 Å². The van der Waals surface area contributed by atoms with E-state index >= 15 is 0 Å². The van der Waals surface area contributed by atoms with Crippen LogP contribution >= 0.6 is 0 Å². The highest BCUT2D eigenvalue weighted by Gasteiger charge is 2.38. The molecule has 2 saturated carbocycles. The Hall–Kier alpha value is -4.66. The van der Waals surface area contributed by atoms with Crippen molar-refractivity contribution in [1.82, 2.24) is 29.6 Å². The van der Waals surface area contributed by atoms with Crippen molar-refractivity contribution in [2.75, 3.05) is 38.0 Å². The van der Waals surface area contributed by atoms with Crippen LogP contribution in [-0.2, 0) is 27.1 Å². The van der Waals surface area contributed by atoms with Gasteiger partial charge >= 0.3 is 23.9 Å². The van der Waals surface area contributed by atoms with E-state index in [9.17, 15) is 24.0 Å². The average Bonchev–Trinajstić information content (AvgIpc) is 3.93. The van der Waals surface area contributed by atoms with Crippen LogP contribution in [0.2, 0.25) is 0 Å². The minimum absolute atomic E-state index is 0.0776. The zero-order valence-corrected chi connectivity index (χ0v) is 32.3. The first-order valence-corrected chi connectivity index (χ1v) is 19.3. The summed E-state index contributed by atoms with van der Waals surface area (Å²) in [5.41, 5.74) is 6.16. The summed E-state index contributed by atoms with van der Waals surface area (Å²) in [4.78, 5) is 73.1. The number of hydrogen-bond acceptors (Lipinski definition) is 9. The lowest BCUT2D eigenvalue weighted by molar-refractivity contribution is -0.138. The van der Waals surface area contributed by atoms with E-state index in [4.69, 9.17) is 15.2 Å². The predicted molar refractivity (Wildman–Crippen MR) is 202 cm³/mol. The van der Waals surface area contributed by atoms with Crippen molar-refractivity contribution in [1.29, 1.82) is 0 Å². The van der Waals surface area contributed by atoms with E-state index in [1.165, 1.54) is 28.5 Å². The van der Waals surface area contributed by atoms with Crippen molar-refractivity contribution in [3.8, 4) is 5.69 Å². The molecule has 1 aliphatic heterocycles. The first-order valence-electron chi connectivity index (χ1n) is 19.3. The number of aryl methyl sites for hydroxylation is 1. The zero-order valence-electron chi connectivity index (χ0n) is 32.3. The Morgan fingerprint density at radius 2 is 1.57 bits per heavy atom. The number of nitrogens with two attached hydrogens (primary N) is 1. The van der Waals surface area contributed by atoms with E-state index < -0.39 is 35.0 Å². The largest absolute Gasteiger partial charge is 0.446 e. The molecule has 2 heterocycles. The van der Waals surface area contributed by atoms with Gasteiger partial charge in [0, 0.05) is 51.0 Å². The second kappa shape index (κ2) is 16.0. The number of primary amides is 1. The monoisotopic (exact) mass is 748 g/mol. The number of carbonyl (C=O) groups excluding carboxylic acids is 4. The van der Waals surface area contributed by atoms with Crippen molar-refractivity contribution in [2.45, 2.75) is 122 Å². The minimum atomic E-state index is -1.19. The maximum absolute atomic E-state index is 13.2. The van der Waals surface area contributed by atoms with E-state index in [-0.39, 0.29) is 44.0 Å². The van der Waals surface area contributed by atoms with Crippen LogP contribution in [0, 0.1) is 5.92 Å². The summed E-state index contributed by atoms with van der Waals surface area (Å²) in [6.45, 7) is 10.7. The number of piperazine rings is 1. The molecule has 3 aliphatic carbocycles. The molecule has 1 atom stereocenters. The van der Waals surface area contributed by atoms with Crippen LogP contribution in [0.25, 0.3) is 5.69 Å². The molecule has 1 saturated heterocycles. The Morgan fingerprint density at radius 3 is 2.20 bits per heavy atom. The van der Waals surface area contributed by atoms with Crippen LogP contribution in [0.3, 0.4) is 0 Å². The van der Waals surface area contributed by atoms with Gasteiger partial charge in [0.05, 0.1) is 5.69 Å². The van der Waals surface area contributed by atoms with Crippen molar-refractivity contribution >= 4 is 29.9 Å². The SMILES string of the molecule is CC(C)(C)OC(=O)NC(C)(C)C(=O)N1CCN(C(=O)Nc2ccn(-c3ccc4c(c3)CCC(N(CC3CC3)[C@H]3CC[C@H](OC(N)=O)CC3)C4)c(=O)n2)CC1. The van der Waals surface area contributed by atoms with E-state index in [1.54, 1.807) is 56.7 Å². The molecule has 6 rings (SSSR count). The number of aromatic nitrogens is 2. The van der Waals surface area contributed by atoms with E-state index in [0.717, 1.165) is 63.1 Å². The summed E-state index contributed by atoms with van der Waals surface area (Å²) in [7, 11) is 0. The molecule has 5 amide bonds. The second-order valence-electron chi connectivity index (χ2n) is 16.8. The summed E-state index contributed by atoms with van der Waals surface area (Å²) in [5.74, 6) is 0.647. The molecule has 15 heteroatoms. The van der Waals surface area contributed by atoms with Crippen molar-refractivity contribution in [3.63, 3.8) is 0 Å². The Bertz CT molecular complexity index is 1770. The van der Waals surface area contributed by atoms with Crippen LogP contribution in [0.1, 0.15) is 90.7 Å². The molecule has 4 aliphatic rings. The third kappa shape index (κ3) is 9.90. The number of nitrogens with one attached hydrogen (secondary N) is 2. The van der Waals surface area contributed by atoms with Gasteiger partial charge in [0.2, 0.25) is 5.91 Å². The highest BCUT2D eigenvalue weighted by Crippen LogP contribution is 2.37. The lowest BCUT2D eigenvalue weighted by Gasteiger charge is -2.43. The van der Waals surface area contributed by atoms with Gasteiger partial charge in [0.15, 0.2) is 0 Å². The quantitative estimate of drug-likeness (QED) is 0.339. The normalized spacial score (nSPS) is 21.9. The molecule has 15 nitrogen and oxygen atoms in total. The van der Waals surface area contributed by atoms with Crippen LogP contribution in [0.15, 0.2) is 35.3 Å². The molecule has 4 N–H and O–H groups in total. The third-order valence-electron chi connectivity index (χ3n) is 10.9. The highest BCUT2D eigenvalue weighted by atomic mass is 16.6. The summed E-state index contributed by atoms with van der Waals surface area (Å²) in [6, 6.07) is 8.30. The van der Waals surface area contributed by atoms with E-state index in [2.05, 4.69) is 32.7 Å². The molecular formula is C39H56N8O7. The maximum Gasteiger partial charge on any atom is 0.408 e. The molecule has 1 aromatic carbocycles. The number of carbonyl (C=O) groups is 4. The number of fused-ring (bicyclic) bond motifs is 1. The smallest absolute Gasteiger partial charge is 0.408 e. The van der Waals surface area contributed by atoms with Gasteiger partial charge in [-0.1, -0.05) is 6.07 Å². The minimum Gasteiger partial charge on any atom is -0.446 e. The molecule has 294 valence electrons. The lowest BCUT2D eigenvalue weighted by atomic mass is 9.84. The average molecular weight is 749 g/mol. The Labute approximate surface area is 316 Å². The fourth-order valence-corrected chi connectivity index (χ4v) is 7.99. The number of benzene rings is 1. The molecule has 0 radical (unpaired) electrons. The van der Waals surface area contributed by atoms with Crippen LogP contribution in [-0.4, -0.2) is 110 Å². The van der Waals surface area contributed by atoms with E-state index in [0.29, 0.717) is 12.1 Å². The van der Waals surface area contributed by atoms with E-state index in [1.807, 2.05) is 6.07 Å². The van der Waals surface area contributed by atoms with Gasteiger partial charge in [-0.2, -0.15) is 4.98 Å². The summed E-state index contributed by atoms with van der Waals surface area (Å²) >= 11 is 0. The molecule has 1 unspecified atom stereocenters. The number of urea groups is 1. The zero-order chi connectivity index (χ0) is 38.8. The van der Waals surface area contributed by atoms with Gasteiger partial charge in [-0.3, -0.25) is 19.6 Å². The van der Waals surface area contributed by atoms with Crippen LogP contribution in [0.4, 0.5) is 20.2 Å². The molecule has 0 spiro atoms. The molecule has 54 heavy (non-hydrogen) atoms. The van der Waals surface area contributed by atoms with Crippen LogP contribution in [0.5, 0.6) is 0 Å². The predicted octanol–water partition coefficient (Wildman–Crippen LogP) is 4.19. The molecular weight excluding hydrogens is 692 g/mol. The number of amides is 5.